The number of nitrogens with one attached hydrogen (secondary N) is 2. The Kier molecular flexibility index (Phi) is 7.41. The van der Waals surface area contributed by atoms with Gasteiger partial charge in [0.15, 0.2) is 0 Å². The van der Waals surface area contributed by atoms with Crippen LogP contribution in [-0.2, 0) is 11.2 Å². The smallest absolute Gasteiger partial charge is 0.132 e. The molecule has 2 unspecified atom stereocenters. The quantitative estimate of drug-likeness (QED) is 0.428. The first-order valence-corrected chi connectivity index (χ1v) is 10.1. The number of halogens is 1. The van der Waals surface area contributed by atoms with Gasteiger partial charge in [0.05, 0.1) is 0 Å². The third kappa shape index (κ3) is 4.97. The van der Waals surface area contributed by atoms with E-state index in [0.717, 1.165) is 35.4 Å². The van der Waals surface area contributed by atoms with E-state index in [1.54, 1.807) is 44.8 Å². The zero-order chi connectivity index (χ0) is 21.5. The fourth-order valence-corrected chi connectivity index (χ4v) is 3.85. The number of aliphatic imine (C=N–C) groups is 1. The van der Waals surface area contributed by atoms with Gasteiger partial charge in [0.25, 0.3) is 0 Å². The van der Waals surface area contributed by atoms with Gasteiger partial charge in [0, 0.05) is 68.3 Å². The first-order valence-electron chi connectivity index (χ1n) is 10.1. The summed E-state index contributed by atoms with van der Waals surface area (Å²) in [5, 5.41) is 11.3. The van der Waals surface area contributed by atoms with Gasteiger partial charge in [0.2, 0.25) is 0 Å². The molecule has 1 heterocycles. The number of methoxy groups -OCH3 is 1. The van der Waals surface area contributed by atoms with Crippen molar-refractivity contribution in [2.75, 3.05) is 25.6 Å². The highest BCUT2D eigenvalue weighted by Crippen LogP contribution is 2.54. The molecule has 2 N–H and O–H groups in total. The van der Waals surface area contributed by atoms with Crippen LogP contribution in [0.4, 0.5) is 10.1 Å². The topological polar surface area (TPSA) is 83.2 Å². The molecule has 0 spiro atoms. The number of benzene rings is 1. The number of hydrogen-bond acceptors (Lipinski definition) is 6. The summed E-state index contributed by atoms with van der Waals surface area (Å²) >= 11 is 0. The van der Waals surface area contributed by atoms with E-state index in [0.29, 0.717) is 30.8 Å². The lowest BCUT2D eigenvalue weighted by molar-refractivity contribution is 0.198. The van der Waals surface area contributed by atoms with Gasteiger partial charge in [-0.3, -0.25) is 4.99 Å². The Morgan fingerprint density at radius 3 is 2.87 bits per heavy atom. The number of aromatic nitrogens is 2. The van der Waals surface area contributed by atoms with Gasteiger partial charge in [-0.2, -0.15) is 0 Å². The monoisotopic (exact) mass is 409 g/mol. The molecule has 0 radical (unpaired) electrons. The minimum atomic E-state index is -0.255. The van der Waals surface area contributed by atoms with Crippen molar-refractivity contribution in [1.29, 1.82) is 5.41 Å². The summed E-state index contributed by atoms with van der Waals surface area (Å²) in [5.41, 5.74) is 3.92. The van der Waals surface area contributed by atoms with Crippen LogP contribution in [0, 0.1) is 24.1 Å². The molecular formula is C23H28FN5O. The van der Waals surface area contributed by atoms with Gasteiger partial charge in [0.1, 0.15) is 11.6 Å². The van der Waals surface area contributed by atoms with Crippen LogP contribution in [0.2, 0.25) is 0 Å². The number of nitrogens with zero attached hydrogens (tertiary/aromatic N) is 3. The predicted octanol–water partition coefficient (Wildman–Crippen LogP) is 4.30. The maximum atomic E-state index is 14.7. The summed E-state index contributed by atoms with van der Waals surface area (Å²) in [4.78, 5) is 12.6. The third-order valence-electron chi connectivity index (χ3n) is 5.47. The first kappa shape index (κ1) is 21.8. The van der Waals surface area contributed by atoms with Crippen LogP contribution in [0.3, 0.4) is 0 Å². The molecule has 2 aromatic rings. The largest absolute Gasteiger partial charge is 0.385 e. The second-order valence-corrected chi connectivity index (χ2v) is 7.46. The molecule has 6 nitrogen and oxygen atoms in total. The molecule has 0 amide bonds. The third-order valence-corrected chi connectivity index (χ3v) is 5.47. The molecule has 158 valence electrons. The van der Waals surface area contributed by atoms with Gasteiger partial charge in [-0.1, -0.05) is 0 Å². The Morgan fingerprint density at radius 1 is 1.43 bits per heavy atom. The average Bonchev–Trinajstić information content (AvgIpc) is 3.55. The number of allylic oxidation sites excluding steroid dienone is 1. The van der Waals surface area contributed by atoms with Crippen molar-refractivity contribution in [2.45, 2.75) is 32.1 Å². The van der Waals surface area contributed by atoms with Crippen LogP contribution >= 0.6 is 0 Å². The van der Waals surface area contributed by atoms with Crippen LogP contribution in [0.15, 0.2) is 41.3 Å². The molecule has 0 saturated heterocycles. The van der Waals surface area contributed by atoms with Gasteiger partial charge < -0.3 is 15.5 Å². The lowest BCUT2D eigenvalue weighted by atomic mass is 9.95. The van der Waals surface area contributed by atoms with Gasteiger partial charge in [-0.05, 0) is 61.6 Å². The number of rotatable bonds is 11. The Balaban J connectivity index is 1.85. The van der Waals surface area contributed by atoms with E-state index < -0.39 is 0 Å². The van der Waals surface area contributed by atoms with E-state index in [1.165, 1.54) is 6.21 Å². The van der Waals surface area contributed by atoms with Gasteiger partial charge in [-0.15, -0.1) is 0 Å². The Hall–Kier alpha value is -2.93. The molecule has 0 aliphatic heterocycles. The maximum Gasteiger partial charge on any atom is 0.132 e. The van der Waals surface area contributed by atoms with E-state index in [9.17, 15) is 4.39 Å². The molecule has 3 rings (SSSR count). The molecule has 1 saturated carbocycles. The van der Waals surface area contributed by atoms with Crippen LogP contribution in [0.25, 0.3) is 0 Å². The van der Waals surface area contributed by atoms with Crippen molar-refractivity contribution >= 4 is 18.6 Å². The number of hydrogen-bond donors (Lipinski definition) is 2. The van der Waals surface area contributed by atoms with Crippen LogP contribution in [-0.4, -0.2) is 43.2 Å². The van der Waals surface area contributed by atoms with E-state index in [2.05, 4.69) is 27.0 Å². The van der Waals surface area contributed by atoms with Crippen molar-refractivity contribution in [1.82, 2.24) is 9.97 Å². The normalized spacial score (nSPS) is 18.2. The molecule has 1 fully saturated rings. The minimum Gasteiger partial charge on any atom is -0.385 e. The maximum absolute atomic E-state index is 14.7. The molecule has 1 aromatic carbocycles. The van der Waals surface area contributed by atoms with E-state index in [1.807, 2.05) is 0 Å². The van der Waals surface area contributed by atoms with Crippen LogP contribution in [0.1, 0.15) is 41.3 Å². The van der Waals surface area contributed by atoms with Gasteiger partial charge >= 0.3 is 0 Å². The van der Waals surface area contributed by atoms with Crippen LogP contribution in [0.5, 0.6) is 0 Å². The highest BCUT2D eigenvalue weighted by Gasteiger charge is 2.42. The molecule has 1 aliphatic carbocycles. The fourth-order valence-electron chi connectivity index (χ4n) is 3.85. The molecular weight excluding hydrogens is 381 g/mol. The van der Waals surface area contributed by atoms with E-state index >= 15 is 0 Å². The standard InChI is InChI=1S/C23H28FN5O/c1-15-21(24)12-19(20(13-25)23(15)29-8-5-9-30-3)18-11-17(18)16(14-26-2)10-22-27-6-4-7-28-22/h4,6-7,12-14,17-18,25,29H,2,5,8-11H2,1,3H3/b16-14+,25-13?. The van der Waals surface area contributed by atoms with Crippen molar-refractivity contribution in [3.05, 3.63) is 64.6 Å². The molecule has 0 bridgehead atoms. The second kappa shape index (κ2) is 10.2. The molecule has 7 heteroatoms. The highest BCUT2D eigenvalue weighted by atomic mass is 19.1. The number of anilines is 1. The number of ether oxygens (including phenoxy) is 1. The Morgan fingerprint density at radius 2 is 2.20 bits per heavy atom. The fraction of sp³-hybridized carbons (Fsp3) is 0.391. The summed E-state index contributed by atoms with van der Waals surface area (Å²) in [6, 6.07) is 3.36. The first-order chi connectivity index (χ1) is 14.6. The predicted molar refractivity (Wildman–Crippen MR) is 118 cm³/mol. The van der Waals surface area contributed by atoms with Crippen molar-refractivity contribution in [2.24, 2.45) is 10.9 Å². The zero-order valence-corrected chi connectivity index (χ0v) is 17.5. The summed E-state index contributed by atoms with van der Waals surface area (Å²) in [6.07, 6.45) is 8.79. The minimum absolute atomic E-state index is 0.132. The molecule has 2 atom stereocenters. The highest BCUT2D eigenvalue weighted by molar-refractivity contribution is 5.90. The van der Waals surface area contributed by atoms with E-state index in [-0.39, 0.29) is 17.7 Å². The summed E-state index contributed by atoms with van der Waals surface area (Å²) < 4.78 is 19.8. The zero-order valence-electron chi connectivity index (χ0n) is 17.5. The van der Waals surface area contributed by atoms with Crippen LogP contribution < -0.4 is 5.32 Å². The Labute approximate surface area is 176 Å². The van der Waals surface area contributed by atoms with Gasteiger partial charge in [-0.25, -0.2) is 14.4 Å². The average molecular weight is 410 g/mol. The summed E-state index contributed by atoms with van der Waals surface area (Å²) in [5.74, 6) is 0.810. The summed E-state index contributed by atoms with van der Waals surface area (Å²) in [7, 11) is 1.66. The van der Waals surface area contributed by atoms with E-state index in [4.69, 9.17) is 10.1 Å². The second-order valence-electron chi connectivity index (χ2n) is 7.46. The molecule has 1 aromatic heterocycles. The SMILES string of the molecule is C=N/C=C(\Cc1ncccn1)C1CC1c1cc(F)c(C)c(NCCCOC)c1C=N. The van der Waals surface area contributed by atoms with Crippen molar-refractivity contribution < 1.29 is 9.13 Å². The van der Waals surface area contributed by atoms with Crippen molar-refractivity contribution in [3.8, 4) is 0 Å². The van der Waals surface area contributed by atoms with Crippen molar-refractivity contribution in [3.63, 3.8) is 0 Å². The molecule has 30 heavy (non-hydrogen) atoms. The lowest BCUT2D eigenvalue weighted by Crippen LogP contribution is -2.11. The lowest BCUT2D eigenvalue weighted by Gasteiger charge is -2.17. The molecule has 1 aliphatic rings. The Bertz CT molecular complexity index is 929. The summed E-state index contributed by atoms with van der Waals surface area (Å²) in [6.45, 7) is 6.62.